The van der Waals surface area contributed by atoms with Crippen LogP contribution in [0.25, 0.3) is 11.1 Å². The van der Waals surface area contributed by atoms with Crippen LogP contribution in [0.5, 0.6) is 5.75 Å². The number of anilines is 1. The van der Waals surface area contributed by atoms with Gasteiger partial charge in [-0.25, -0.2) is 13.2 Å². The van der Waals surface area contributed by atoms with Gasteiger partial charge in [0.15, 0.2) is 6.10 Å². The number of carbonyl (C=O) groups is 1. The fourth-order valence-corrected chi connectivity index (χ4v) is 5.19. The highest BCUT2D eigenvalue weighted by Gasteiger charge is 2.36. The summed E-state index contributed by atoms with van der Waals surface area (Å²) in [7, 11) is -2.25. The summed E-state index contributed by atoms with van der Waals surface area (Å²) in [5, 5.41) is 0. The van der Waals surface area contributed by atoms with E-state index in [-0.39, 0.29) is 12.4 Å². The molecule has 7 nitrogen and oxygen atoms in total. The van der Waals surface area contributed by atoms with Crippen LogP contribution < -0.4 is 9.46 Å². The lowest BCUT2D eigenvalue weighted by Gasteiger charge is -2.32. The van der Waals surface area contributed by atoms with Crippen LogP contribution in [0.3, 0.4) is 0 Å². The molecule has 3 rings (SSSR count). The van der Waals surface area contributed by atoms with Gasteiger partial charge < -0.3 is 14.2 Å². The zero-order valence-corrected chi connectivity index (χ0v) is 21.2. The molecule has 1 heterocycles. The molecule has 0 aliphatic carbocycles. The molecular weight excluding hydrogens is 442 g/mol. The van der Waals surface area contributed by atoms with Gasteiger partial charge in [-0.2, -0.15) is 0 Å². The van der Waals surface area contributed by atoms with Crippen molar-refractivity contribution >= 4 is 21.7 Å². The molecule has 0 amide bonds. The highest BCUT2D eigenvalue weighted by molar-refractivity contribution is 7.92. The Morgan fingerprint density at radius 3 is 2.30 bits per heavy atom. The maximum atomic E-state index is 13.0. The second-order valence-corrected chi connectivity index (χ2v) is 11.2. The maximum absolute atomic E-state index is 13.0. The Morgan fingerprint density at radius 2 is 1.73 bits per heavy atom. The smallest absolute Gasteiger partial charge is 0.339 e. The SMILES string of the molecule is COC(=O)[C@@H](OC(C)(C)C)c1c(C)c2c(c(C)c1-c1ccc(C)cc1)OCCCS(=O)(=O)N2. The summed E-state index contributed by atoms with van der Waals surface area (Å²) in [5.74, 6) is -0.136. The Balaban J connectivity index is 2.42. The summed E-state index contributed by atoms with van der Waals surface area (Å²) >= 11 is 0. The number of hydrogen-bond donors (Lipinski definition) is 1. The summed E-state index contributed by atoms with van der Waals surface area (Å²) in [6.07, 6.45) is -0.683. The molecule has 0 fully saturated rings. The number of methoxy groups -OCH3 is 1. The fourth-order valence-electron chi connectivity index (χ4n) is 4.03. The van der Waals surface area contributed by atoms with Crippen LogP contribution in [0.4, 0.5) is 5.69 Å². The standard InChI is InChI=1S/C25H33NO6S/c1-15-9-11-18(12-10-15)19-17(3)22-21(26-33(28,29)14-8-13-31-22)16(2)20(19)23(24(27)30-7)32-25(4,5)6/h9-12,23,26H,8,13-14H2,1-7H3/t23-/m0/s1. The first kappa shape index (κ1) is 25.1. The predicted molar refractivity (Wildman–Crippen MR) is 129 cm³/mol. The molecule has 180 valence electrons. The van der Waals surface area contributed by atoms with E-state index in [1.54, 1.807) is 6.92 Å². The van der Waals surface area contributed by atoms with E-state index >= 15 is 0 Å². The molecule has 33 heavy (non-hydrogen) atoms. The van der Waals surface area contributed by atoms with Gasteiger partial charge in [-0.3, -0.25) is 4.72 Å². The summed E-state index contributed by atoms with van der Waals surface area (Å²) in [4.78, 5) is 13.0. The Morgan fingerprint density at radius 1 is 1.09 bits per heavy atom. The molecule has 1 atom stereocenters. The summed E-state index contributed by atoms with van der Waals surface area (Å²) < 4.78 is 45.4. The van der Waals surface area contributed by atoms with Gasteiger partial charge in [0.2, 0.25) is 10.0 Å². The molecule has 0 unspecified atom stereocenters. The van der Waals surface area contributed by atoms with E-state index in [4.69, 9.17) is 14.2 Å². The molecule has 0 bridgehead atoms. The molecular formula is C25H33NO6S. The van der Waals surface area contributed by atoms with E-state index < -0.39 is 27.7 Å². The molecule has 0 saturated heterocycles. The van der Waals surface area contributed by atoms with Crippen molar-refractivity contribution in [2.75, 3.05) is 24.2 Å². The lowest BCUT2D eigenvalue weighted by atomic mass is 9.86. The molecule has 1 N–H and O–H groups in total. The number of benzene rings is 2. The van der Waals surface area contributed by atoms with E-state index in [0.29, 0.717) is 29.0 Å². The van der Waals surface area contributed by atoms with E-state index in [1.807, 2.05) is 58.9 Å². The van der Waals surface area contributed by atoms with Gasteiger partial charge in [0, 0.05) is 11.1 Å². The van der Waals surface area contributed by atoms with Crippen molar-refractivity contribution in [2.24, 2.45) is 0 Å². The zero-order valence-electron chi connectivity index (χ0n) is 20.4. The van der Waals surface area contributed by atoms with Crippen molar-refractivity contribution < 1.29 is 27.4 Å². The van der Waals surface area contributed by atoms with Crippen molar-refractivity contribution in [3.05, 3.63) is 46.5 Å². The highest BCUT2D eigenvalue weighted by atomic mass is 32.2. The molecule has 2 aromatic rings. The molecule has 0 saturated carbocycles. The van der Waals surface area contributed by atoms with Crippen molar-refractivity contribution in [3.8, 4) is 16.9 Å². The van der Waals surface area contributed by atoms with Crippen molar-refractivity contribution in [3.63, 3.8) is 0 Å². The quantitative estimate of drug-likeness (QED) is 0.637. The van der Waals surface area contributed by atoms with Gasteiger partial charge in [0.05, 0.1) is 30.8 Å². The van der Waals surface area contributed by atoms with Crippen LogP contribution in [-0.2, 0) is 24.3 Å². The normalized spacial score (nSPS) is 16.5. The predicted octanol–water partition coefficient (Wildman–Crippen LogP) is 4.83. The number of nitrogens with one attached hydrogen (secondary N) is 1. The maximum Gasteiger partial charge on any atom is 0.339 e. The molecule has 0 spiro atoms. The number of rotatable bonds is 4. The summed E-state index contributed by atoms with van der Waals surface area (Å²) in [5.41, 5.74) is 4.27. The third-order valence-electron chi connectivity index (χ3n) is 5.54. The van der Waals surface area contributed by atoms with Crippen molar-refractivity contribution in [2.45, 2.75) is 59.7 Å². The number of aryl methyl sites for hydroxylation is 1. The van der Waals surface area contributed by atoms with Gasteiger partial charge in [-0.05, 0) is 64.7 Å². The third-order valence-corrected chi connectivity index (χ3v) is 6.88. The molecule has 1 aliphatic rings. The number of esters is 1. The zero-order chi connectivity index (χ0) is 24.6. The number of hydrogen-bond acceptors (Lipinski definition) is 6. The molecule has 0 radical (unpaired) electrons. The van der Waals surface area contributed by atoms with Gasteiger partial charge in [0.1, 0.15) is 5.75 Å². The second-order valence-electron chi connectivity index (χ2n) is 9.37. The van der Waals surface area contributed by atoms with Crippen LogP contribution >= 0.6 is 0 Å². The lowest BCUT2D eigenvalue weighted by molar-refractivity contribution is -0.164. The first-order chi connectivity index (χ1) is 15.3. The van der Waals surface area contributed by atoms with Crippen LogP contribution in [-0.4, -0.2) is 39.5 Å². The number of carbonyl (C=O) groups excluding carboxylic acids is 1. The minimum atomic E-state index is -3.57. The number of fused-ring (bicyclic) bond motifs is 1. The Labute approximate surface area is 196 Å². The van der Waals surface area contributed by atoms with Gasteiger partial charge >= 0.3 is 5.97 Å². The monoisotopic (exact) mass is 475 g/mol. The first-order valence-electron chi connectivity index (χ1n) is 11.0. The molecule has 0 aromatic heterocycles. The molecule has 1 aliphatic heterocycles. The third kappa shape index (κ3) is 5.50. The summed E-state index contributed by atoms with van der Waals surface area (Å²) in [6.45, 7) is 11.5. The van der Waals surface area contributed by atoms with Crippen LogP contribution in [0, 0.1) is 20.8 Å². The average Bonchev–Trinajstić information content (AvgIpc) is 2.71. The van der Waals surface area contributed by atoms with E-state index in [2.05, 4.69) is 4.72 Å². The van der Waals surface area contributed by atoms with Gasteiger partial charge in [-0.15, -0.1) is 0 Å². The van der Waals surface area contributed by atoms with Gasteiger partial charge in [0.25, 0.3) is 0 Å². The van der Waals surface area contributed by atoms with Crippen LogP contribution in [0.2, 0.25) is 0 Å². The minimum absolute atomic E-state index is 0.0428. The second kappa shape index (κ2) is 9.35. The van der Waals surface area contributed by atoms with Crippen LogP contribution in [0.1, 0.15) is 55.5 Å². The fraction of sp³-hybridized carbons (Fsp3) is 0.480. The van der Waals surface area contributed by atoms with Crippen LogP contribution in [0.15, 0.2) is 24.3 Å². The lowest BCUT2D eigenvalue weighted by Crippen LogP contribution is -2.30. The molecule has 2 aromatic carbocycles. The highest BCUT2D eigenvalue weighted by Crippen LogP contribution is 2.47. The Kier molecular flexibility index (Phi) is 7.10. The van der Waals surface area contributed by atoms with E-state index in [1.165, 1.54) is 7.11 Å². The number of ether oxygens (including phenoxy) is 3. The van der Waals surface area contributed by atoms with E-state index in [0.717, 1.165) is 22.3 Å². The summed E-state index contributed by atoms with van der Waals surface area (Å²) in [6, 6.07) is 7.94. The Bertz CT molecular complexity index is 1150. The minimum Gasteiger partial charge on any atom is -0.491 e. The van der Waals surface area contributed by atoms with E-state index in [9.17, 15) is 13.2 Å². The largest absolute Gasteiger partial charge is 0.491 e. The van der Waals surface area contributed by atoms with Crippen molar-refractivity contribution in [1.29, 1.82) is 0 Å². The first-order valence-corrected chi connectivity index (χ1v) is 12.6. The number of sulfonamides is 1. The average molecular weight is 476 g/mol. The molecule has 8 heteroatoms. The topological polar surface area (TPSA) is 90.9 Å². The van der Waals surface area contributed by atoms with Gasteiger partial charge in [-0.1, -0.05) is 29.8 Å². The Hall–Kier alpha value is -2.58. The van der Waals surface area contributed by atoms with Crippen molar-refractivity contribution in [1.82, 2.24) is 0 Å².